The van der Waals surface area contributed by atoms with Crippen LogP contribution in [0.3, 0.4) is 0 Å². The second-order valence-corrected chi connectivity index (χ2v) is 8.04. The van der Waals surface area contributed by atoms with E-state index >= 15 is 0 Å². The van der Waals surface area contributed by atoms with Crippen LogP contribution in [0.25, 0.3) is 49.7 Å². The molecule has 3 heteroatoms. The largest absolute Gasteiger partial charge is 0.309 e. The van der Waals surface area contributed by atoms with Gasteiger partial charge in [-0.15, -0.1) is 0 Å². The third-order valence-electron chi connectivity index (χ3n) is 6.11. The van der Waals surface area contributed by atoms with E-state index in [0.717, 1.165) is 22.4 Å². The van der Waals surface area contributed by atoms with Gasteiger partial charge in [-0.25, -0.2) is 4.98 Å². The Balaban J connectivity index is 1.47. The number of nitriles is 1. The van der Waals surface area contributed by atoms with E-state index in [-0.39, 0.29) is 0 Å². The number of para-hydroxylation sites is 2. The molecule has 0 saturated heterocycles. The van der Waals surface area contributed by atoms with Gasteiger partial charge in [0.1, 0.15) is 11.8 Å². The average molecular weight is 422 g/mol. The molecular weight excluding hydrogens is 402 g/mol. The summed E-state index contributed by atoms with van der Waals surface area (Å²) in [6.07, 6.45) is 1.68. The van der Waals surface area contributed by atoms with Gasteiger partial charge in [-0.2, -0.15) is 5.26 Å². The molecular formula is C30H19N3. The van der Waals surface area contributed by atoms with Gasteiger partial charge in [0, 0.05) is 22.7 Å². The second-order valence-electron chi connectivity index (χ2n) is 8.04. The van der Waals surface area contributed by atoms with Crippen molar-refractivity contribution in [3.63, 3.8) is 0 Å². The van der Waals surface area contributed by atoms with E-state index in [9.17, 15) is 0 Å². The van der Waals surface area contributed by atoms with E-state index in [1.54, 1.807) is 6.20 Å². The fraction of sp³-hybridized carbons (Fsp3) is 0. The van der Waals surface area contributed by atoms with E-state index < -0.39 is 0 Å². The summed E-state index contributed by atoms with van der Waals surface area (Å²) >= 11 is 0. The van der Waals surface area contributed by atoms with Crippen LogP contribution in [0.1, 0.15) is 5.69 Å². The van der Waals surface area contributed by atoms with Crippen molar-refractivity contribution in [1.29, 1.82) is 5.26 Å². The zero-order valence-electron chi connectivity index (χ0n) is 17.8. The molecule has 3 nitrogen and oxygen atoms in total. The summed E-state index contributed by atoms with van der Waals surface area (Å²) in [5.41, 5.74) is 8.39. The molecule has 0 saturated carbocycles. The van der Waals surface area contributed by atoms with Gasteiger partial charge in [-0.1, -0.05) is 66.7 Å². The Morgan fingerprint density at radius 2 is 1.21 bits per heavy atom. The van der Waals surface area contributed by atoms with Crippen LogP contribution in [0.2, 0.25) is 0 Å². The highest BCUT2D eigenvalue weighted by molar-refractivity contribution is 6.10. The molecule has 0 aliphatic heterocycles. The molecule has 0 aliphatic carbocycles. The molecule has 6 aromatic rings. The number of hydrogen-bond acceptors (Lipinski definition) is 2. The van der Waals surface area contributed by atoms with Gasteiger partial charge in [0.05, 0.1) is 11.0 Å². The van der Waals surface area contributed by atoms with Crippen LogP contribution in [0, 0.1) is 11.3 Å². The molecule has 6 rings (SSSR count). The van der Waals surface area contributed by atoms with E-state index in [1.165, 1.54) is 27.4 Å². The SMILES string of the molecule is N#Cc1cc(-c2ccc(-c3ccc4c(c3)c3ccccc3n4-c3ccccc3)cc2)ccn1. The van der Waals surface area contributed by atoms with E-state index in [0.29, 0.717) is 5.69 Å². The molecule has 0 radical (unpaired) electrons. The lowest BCUT2D eigenvalue weighted by Crippen LogP contribution is -1.92. The zero-order valence-corrected chi connectivity index (χ0v) is 17.8. The van der Waals surface area contributed by atoms with E-state index in [2.05, 4.69) is 107 Å². The zero-order chi connectivity index (χ0) is 22.2. The minimum Gasteiger partial charge on any atom is -0.309 e. The average Bonchev–Trinajstić information content (AvgIpc) is 3.23. The van der Waals surface area contributed by atoms with Crippen LogP contribution in [0.4, 0.5) is 0 Å². The predicted octanol–water partition coefficient (Wildman–Crippen LogP) is 7.38. The van der Waals surface area contributed by atoms with Gasteiger partial charge in [-0.05, 0) is 64.7 Å². The predicted molar refractivity (Wildman–Crippen MR) is 134 cm³/mol. The van der Waals surface area contributed by atoms with Crippen molar-refractivity contribution in [2.45, 2.75) is 0 Å². The van der Waals surface area contributed by atoms with Crippen molar-refractivity contribution >= 4 is 21.8 Å². The lowest BCUT2D eigenvalue weighted by Gasteiger charge is -2.08. The number of benzene rings is 4. The first-order valence-electron chi connectivity index (χ1n) is 10.9. The maximum atomic E-state index is 9.12. The topological polar surface area (TPSA) is 41.6 Å². The Hall–Kier alpha value is -4.68. The molecule has 33 heavy (non-hydrogen) atoms. The number of pyridine rings is 1. The van der Waals surface area contributed by atoms with Crippen LogP contribution < -0.4 is 0 Å². The normalized spacial score (nSPS) is 11.0. The van der Waals surface area contributed by atoms with Crippen LogP contribution in [0.15, 0.2) is 115 Å². The summed E-state index contributed by atoms with van der Waals surface area (Å²) in [4.78, 5) is 4.06. The van der Waals surface area contributed by atoms with Crippen molar-refractivity contribution in [3.05, 3.63) is 121 Å². The van der Waals surface area contributed by atoms with E-state index in [1.807, 2.05) is 18.2 Å². The highest BCUT2D eigenvalue weighted by atomic mass is 15.0. The lowest BCUT2D eigenvalue weighted by atomic mass is 9.99. The maximum Gasteiger partial charge on any atom is 0.141 e. The summed E-state index contributed by atoms with van der Waals surface area (Å²) in [5.74, 6) is 0. The van der Waals surface area contributed by atoms with Crippen molar-refractivity contribution in [3.8, 4) is 34.0 Å². The van der Waals surface area contributed by atoms with Crippen LogP contribution in [-0.2, 0) is 0 Å². The smallest absolute Gasteiger partial charge is 0.141 e. The third-order valence-corrected chi connectivity index (χ3v) is 6.11. The molecule has 0 aliphatic rings. The highest BCUT2D eigenvalue weighted by Gasteiger charge is 2.13. The quantitative estimate of drug-likeness (QED) is 0.299. The molecule has 154 valence electrons. The van der Waals surface area contributed by atoms with Gasteiger partial charge in [-0.3, -0.25) is 0 Å². The first-order valence-corrected chi connectivity index (χ1v) is 10.9. The Labute approximate surface area is 191 Å². The highest BCUT2D eigenvalue weighted by Crippen LogP contribution is 2.35. The van der Waals surface area contributed by atoms with Crippen LogP contribution in [0.5, 0.6) is 0 Å². The van der Waals surface area contributed by atoms with Gasteiger partial charge in [0.25, 0.3) is 0 Å². The number of aromatic nitrogens is 2. The summed E-state index contributed by atoms with van der Waals surface area (Å²) in [7, 11) is 0. The van der Waals surface area contributed by atoms with Gasteiger partial charge in [0.15, 0.2) is 0 Å². The Kier molecular flexibility index (Phi) is 4.49. The monoisotopic (exact) mass is 421 g/mol. The number of nitrogens with zero attached hydrogens (tertiary/aromatic N) is 3. The van der Waals surface area contributed by atoms with Crippen molar-refractivity contribution in [2.24, 2.45) is 0 Å². The number of rotatable bonds is 3. The molecule has 0 bridgehead atoms. The van der Waals surface area contributed by atoms with Crippen LogP contribution >= 0.6 is 0 Å². The van der Waals surface area contributed by atoms with Gasteiger partial charge < -0.3 is 4.57 Å². The number of fused-ring (bicyclic) bond motifs is 3. The summed E-state index contributed by atoms with van der Waals surface area (Å²) in [6, 6.07) is 40.1. The van der Waals surface area contributed by atoms with Gasteiger partial charge in [0.2, 0.25) is 0 Å². The minimum atomic E-state index is 0.428. The maximum absolute atomic E-state index is 9.12. The first kappa shape index (κ1) is 19.0. The standard InChI is InChI=1S/C30H19N3/c31-20-25-18-24(16-17-32-25)22-12-10-21(11-13-22)23-14-15-30-28(19-23)27-8-4-5-9-29(27)33(30)26-6-2-1-3-7-26/h1-19H. The van der Waals surface area contributed by atoms with E-state index in [4.69, 9.17) is 5.26 Å². The Morgan fingerprint density at radius 1 is 0.576 bits per heavy atom. The molecule has 0 N–H and O–H groups in total. The summed E-state index contributed by atoms with van der Waals surface area (Å²) in [5, 5.41) is 11.6. The lowest BCUT2D eigenvalue weighted by molar-refractivity contribution is 1.18. The van der Waals surface area contributed by atoms with Crippen molar-refractivity contribution < 1.29 is 0 Å². The molecule has 0 spiro atoms. The molecule has 0 unspecified atom stereocenters. The summed E-state index contributed by atoms with van der Waals surface area (Å²) in [6.45, 7) is 0. The fourth-order valence-corrected chi connectivity index (χ4v) is 4.53. The first-order chi connectivity index (χ1) is 16.3. The van der Waals surface area contributed by atoms with Crippen LogP contribution in [-0.4, -0.2) is 9.55 Å². The van der Waals surface area contributed by atoms with Crippen molar-refractivity contribution in [2.75, 3.05) is 0 Å². The Bertz CT molecular complexity index is 1650. The second kappa shape index (κ2) is 7.78. The molecule has 0 amide bonds. The molecule has 4 aromatic carbocycles. The fourth-order valence-electron chi connectivity index (χ4n) is 4.53. The molecule has 0 fully saturated rings. The Morgan fingerprint density at radius 3 is 1.97 bits per heavy atom. The summed E-state index contributed by atoms with van der Waals surface area (Å²) < 4.78 is 2.33. The third kappa shape index (κ3) is 3.26. The number of hydrogen-bond donors (Lipinski definition) is 0. The minimum absolute atomic E-state index is 0.428. The molecule has 2 heterocycles. The molecule has 0 atom stereocenters. The van der Waals surface area contributed by atoms with Gasteiger partial charge >= 0.3 is 0 Å². The molecule has 2 aromatic heterocycles. The van der Waals surface area contributed by atoms with Crippen molar-refractivity contribution in [1.82, 2.24) is 9.55 Å².